The lowest BCUT2D eigenvalue weighted by Gasteiger charge is -2.61. The molecule has 1 spiro atoms. The summed E-state index contributed by atoms with van der Waals surface area (Å²) in [5, 5.41) is -1.13. The molecule has 3 aliphatic heterocycles. The van der Waals surface area contributed by atoms with Gasteiger partial charge in [-0.15, -0.1) is 0 Å². The highest BCUT2D eigenvalue weighted by atomic mass is 32.2. The minimum absolute atomic E-state index is 0.0388. The van der Waals surface area contributed by atoms with Crippen LogP contribution in [0.1, 0.15) is 17.8 Å². The van der Waals surface area contributed by atoms with E-state index in [4.69, 9.17) is 4.74 Å². The quantitative estimate of drug-likeness (QED) is 0.776. The number of hydrogen-bond acceptors (Lipinski definition) is 6. The molecule has 0 bridgehead atoms. The lowest BCUT2D eigenvalue weighted by molar-refractivity contribution is -0.137. The van der Waals surface area contributed by atoms with Crippen molar-refractivity contribution in [3.05, 3.63) is 11.2 Å². The highest BCUT2D eigenvalue weighted by Gasteiger charge is 2.56. The van der Waals surface area contributed by atoms with Gasteiger partial charge in [0.2, 0.25) is 0 Å². The van der Waals surface area contributed by atoms with Crippen molar-refractivity contribution in [1.29, 1.82) is 0 Å². The number of halogens is 3. The number of likely N-dealkylation sites (tertiary alicyclic amines) is 1. The van der Waals surface area contributed by atoms with E-state index >= 15 is 0 Å². The highest BCUT2D eigenvalue weighted by Crippen LogP contribution is 2.45. The number of hydrogen-bond donors (Lipinski definition) is 0. The van der Waals surface area contributed by atoms with E-state index in [1.54, 1.807) is 0 Å². The Hall–Kier alpha value is -0.750. The zero-order valence-corrected chi connectivity index (χ0v) is 15.0. The van der Waals surface area contributed by atoms with Gasteiger partial charge in [-0.1, -0.05) is 11.3 Å². The van der Waals surface area contributed by atoms with E-state index in [0.29, 0.717) is 19.1 Å². The monoisotopic (exact) mass is 397 g/mol. The van der Waals surface area contributed by atoms with Crippen LogP contribution in [0.3, 0.4) is 0 Å². The van der Waals surface area contributed by atoms with Gasteiger partial charge in [-0.25, -0.2) is 13.4 Å². The van der Waals surface area contributed by atoms with Crippen molar-refractivity contribution in [3.63, 3.8) is 0 Å². The maximum atomic E-state index is 12.6. The van der Waals surface area contributed by atoms with Gasteiger partial charge < -0.3 is 4.74 Å². The maximum Gasteiger partial charge on any atom is 0.443 e. The fraction of sp³-hybridized carbons (Fsp3) is 0.786. The molecule has 3 fully saturated rings. The molecule has 0 aromatic carbocycles. The van der Waals surface area contributed by atoms with E-state index in [0.717, 1.165) is 45.3 Å². The molecule has 0 saturated carbocycles. The number of sulfonamides is 1. The Kier molecular flexibility index (Phi) is 4.15. The molecule has 25 heavy (non-hydrogen) atoms. The first-order chi connectivity index (χ1) is 11.7. The number of ether oxygens (including phenoxy) is 1. The van der Waals surface area contributed by atoms with E-state index in [1.165, 1.54) is 4.31 Å². The summed E-state index contributed by atoms with van der Waals surface area (Å²) < 4.78 is 69.1. The van der Waals surface area contributed by atoms with Crippen LogP contribution in [-0.4, -0.2) is 68.0 Å². The third-order valence-electron chi connectivity index (χ3n) is 5.13. The van der Waals surface area contributed by atoms with Gasteiger partial charge in [-0.2, -0.15) is 17.5 Å². The van der Waals surface area contributed by atoms with Crippen molar-refractivity contribution in [3.8, 4) is 0 Å². The number of nitrogens with zero attached hydrogens (tertiary/aromatic N) is 3. The zero-order valence-electron chi connectivity index (χ0n) is 13.3. The average molecular weight is 397 g/mol. The second-order valence-electron chi connectivity index (χ2n) is 7.00. The second kappa shape index (κ2) is 5.88. The standard InChI is InChI=1S/C14H18F3N3O3S2/c15-14(16,17)12-18-5-11(24-12)25(21,22)20-8-13(9-20)6-19(7-13)10-1-3-23-4-2-10/h5,10H,1-4,6-9H2. The number of aromatic nitrogens is 1. The maximum absolute atomic E-state index is 12.6. The second-order valence-corrected chi connectivity index (χ2v) is 10.2. The van der Waals surface area contributed by atoms with Crippen molar-refractivity contribution in [1.82, 2.24) is 14.2 Å². The van der Waals surface area contributed by atoms with Gasteiger partial charge in [0.1, 0.15) is 0 Å². The van der Waals surface area contributed by atoms with Crippen LogP contribution in [0.4, 0.5) is 13.2 Å². The van der Waals surface area contributed by atoms with Crippen LogP contribution in [0, 0.1) is 5.41 Å². The van der Waals surface area contributed by atoms with Crippen LogP contribution in [0.25, 0.3) is 0 Å². The van der Waals surface area contributed by atoms with E-state index < -0.39 is 21.2 Å². The number of rotatable bonds is 3. The lowest BCUT2D eigenvalue weighted by Crippen LogP contribution is -2.74. The lowest BCUT2D eigenvalue weighted by atomic mass is 9.73. The molecule has 3 aliphatic rings. The topological polar surface area (TPSA) is 62.7 Å². The van der Waals surface area contributed by atoms with E-state index in [2.05, 4.69) is 9.88 Å². The number of thiazole rings is 1. The average Bonchev–Trinajstić information content (AvgIpc) is 2.96. The van der Waals surface area contributed by atoms with Crippen molar-refractivity contribution in [2.45, 2.75) is 29.3 Å². The predicted octanol–water partition coefficient (Wildman–Crippen LogP) is 1.65. The van der Waals surface area contributed by atoms with Crippen LogP contribution in [0.2, 0.25) is 0 Å². The Balaban J connectivity index is 1.36. The van der Waals surface area contributed by atoms with Crippen molar-refractivity contribution in [2.75, 3.05) is 39.4 Å². The van der Waals surface area contributed by atoms with Crippen LogP contribution < -0.4 is 0 Å². The van der Waals surface area contributed by atoms with Gasteiger partial charge in [0.05, 0.1) is 6.20 Å². The molecule has 0 unspecified atom stereocenters. The van der Waals surface area contributed by atoms with Crippen molar-refractivity contribution < 1.29 is 26.3 Å². The third-order valence-corrected chi connectivity index (χ3v) is 8.40. The molecular formula is C14H18F3N3O3S2. The molecule has 1 aromatic heterocycles. The fourth-order valence-electron chi connectivity index (χ4n) is 3.83. The minimum Gasteiger partial charge on any atom is -0.381 e. The Morgan fingerprint density at radius 1 is 1.20 bits per heavy atom. The van der Waals surface area contributed by atoms with Gasteiger partial charge in [-0.05, 0) is 12.8 Å². The molecule has 4 heterocycles. The summed E-state index contributed by atoms with van der Waals surface area (Å²) in [7, 11) is -3.88. The molecule has 3 saturated heterocycles. The molecule has 0 amide bonds. The van der Waals surface area contributed by atoms with Crippen LogP contribution in [0.5, 0.6) is 0 Å². The smallest absolute Gasteiger partial charge is 0.381 e. The molecule has 0 aliphatic carbocycles. The largest absolute Gasteiger partial charge is 0.443 e. The third kappa shape index (κ3) is 3.09. The molecular weight excluding hydrogens is 379 g/mol. The van der Waals surface area contributed by atoms with Gasteiger partial charge in [-0.3, -0.25) is 4.90 Å². The van der Waals surface area contributed by atoms with Crippen molar-refractivity contribution >= 4 is 21.4 Å². The van der Waals surface area contributed by atoms with Crippen LogP contribution >= 0.6 is 11.3 Å². The van der Waals surface area contributed by atoms with Gasteiger partial charge >= 0.3 is 6.18 Å². The van der Waals surface area contributed by atoms with Gasteiger partial charge in [0, 0.05) is 50.8 Å². The van der Waals surface area contributed by atoms with Gasteiger partial charge in [0.25, 0.3) is 10.0 Å². The molecule has 11 heteroatoms. The number of alkyl halides is 3. The zero-order chi connectivity index (χ0) is 17.9. The first-order valence-corrected chi connectivity index (χ1v) is 10.3. The normalized spacial score (nSPS) is 25.7. The first kappa shape index (κ1) is 17.7. The van der Waals surface area contributed by atoms with Gasteiger partial charge in [0.15, 0.2) is 9.22 Å². The van der Waals surface area contributed by atoms with Crippen LogP contribution in [0.15, 0.2) is 10.4 Å². The first-order valence-electron chi connectivity index (χ1n) is 8.05. The Bertz CT molecular complexity index is 745. The molecule has 6 nitrogen and oxygen atoms in total. The molecule has 4 rings (SSSR count). The van der Waals surface area contributed by atoms with E-state index in [1.807, 2.05) is 0 Å². The molecule has 1 aromatic rings. The Morgan fingerprint density at radius 3 is 2.40 bits per heavy atom. The molecule has 0 radical (unpaired) electrons. The SMILES string of the molecule is O=S(=O)(c1cnc(C(F)(F)F)s1)N1CC2(CN(C3CCOCC3)C2)C1. The minimum atomic E-state index is -4.62. The molecule has 140 valence electrons. The summed E-state index contributed by atoms with van der Waals surface area (Å²) in [6, 6.07) is 0.501. The summed E-state index contributed by atoms with van der Waals surface area (Å²) in [4.78, 5) is 5.57. The Labute approximate surface area is 147 Å². The Morgan fingerprint density at radius 2 is 1.84 bits per heavy atom. The van der Waals surface area contributed by atoms with E-state index in [9.17, 15) is 21.6 Å². The summed E-state index contributed by atoms with van der Waals surface area (Å²) in [5.74, 6) is 0. The highest BCUT2D eigenvalue weighted by molar-refractivity contribution is 7.91. The summed E-state index contributed by atoms with van der Waals surface area (Å²) in [5.41, 5.74) is -0.0388. The summed E-state index contributed by atoms with van der Waals surface area (Å²) in [6.07, 6.45) is -1.81. The molecule has 0 atom stereocenters. The summed E-state index contributed by atoms with van der Waals surface area (Å²) >= 11 is 0.183. The van der Waals surface area contributed by atoms with Crippen LogP contribution in [-0.2, 0) is 20.9 Å². The fourth-order valence-corrected chi connectivity index (χ4v) is 6.65. The predicted molar refractivity (Wildman–Crippen MR) is 83.7 cm³/mol. The summed E-state index contributed by atoms with van der Waals surface area (Å²) in [6.45, 7) is 3.96. The van der Waals surface area contributed by atoms with E-state index in [-0.39, 0.29) is 21.0 Å². The van der Waals surface area contributed by atoms with Crippen molar-refractivity contribution in [2.24, 2.45) is 5.41 Å². The molecule has 0 N–H and O–H groups in total.